The van der Waals surface area contributed by atoms with Gasteiger partial charge in [0.2, 0.25) is 0 Å². The Kier molecular flexibility index (Phi) is 6.20. The second-order valence-corrected chi connectivity index (χ2v) is 9.20. The number of aromatic nitrogens is 1. The number of thiophene rings is 1. The first-order valence-electron chi connectivity index (χ1n) is 9.62. The fourth-order valence-corrected chi connectivity index (χ4v) is 5.27. The number of amides is 1. The summed E-state index contributed by atoms with van der Waals surface area (Å²) in [6, 6.07) is 14.4. The van der Waals surface area contributed by atoms with Gasteiger partial charge in [-0.15, -0.1) is 22.7 Å². The summed E-state index contributed by atoms with van der Waals surface area (Å²) in [4.78, 5) is 22.0. The molecule has 1 fully saturated rings. The highest BCUT2D eigenvalue weighted by Crippen LogP contribution is 2.25. The lowest BCUT2D eigenvalue weighted by Crippen LogP contribution is -2.36. The summed E-state index contributed by atoms with van der Waals surface area (Å²) in [5.41, 5.74) is 2.04. The highest BCUT2D eigenvalue weighted by molar-refractivity contribution is 7.13. The number of hydrogen-bond donors (Lipinski definition) is 0. The molecule has 146 valence electrons. The van der Waals surface area contributed by atoms with E-state index in [2.05, 4.69) is 28.6 Å². The summed E-state index contributed by atoms with van der Waals surface area (Å²) in [6.45, 7) is 4.00. The Hall–Kier alpha value is -2.02. The van der Waals surface area contributed by atoms with Crippen LogP contribution >= 0.6 is 22.7 Å². The maximum Gasteiger partial charge on any atom is 0.266 e. The van der Waals surface area contributed by atoms with Crippen molar-refractivity contribution >= 4 is 28.6 Å². The Labute approximate surface area is 173 Å². The minimum absolute atomic E-state index is 0.0678. The van der Waals surface area contributed by atoms with Gasteiger partial charge in [0.05, 0.1) is 23.4 Å². The Morgan fingerprint density at radius 2 is 2.11 bits per heavy atom. The fourth-order valence-electron chi connectivity index (χ4n) is 3.48. The molecule has 6 heteroatoms. The predicted octanol–water partition coefficient (Wildman–Crippen LogP) is 4.93. The molecular formula is C22H24N2O2S2. The summed E-state index contributed by atoms with van der Waals surface area (Å²) in [5.74, 6) is 0.0678. The summed E-state index contributed by atoms with van der Waals surface area (Å²) in [5, 5.41) is 3.04. The number of aryl methyl sites for hydroxylation is 1. The summed E-state index contributed by atoms with van der Waals surface area (Å²) in [6.07, 6.45) is 3.00. The number of carbonyl (C=O) groups is 1. The third-order valence-electron chi connectivity index (χ3n) is 4.90. The van der Waals surface area contributed by atoms with Gasteiger partial charge in [-0.3, -0.25) is 4.79 Å². The molecular weight excluding hydrogens is 388 g/mol. The number of nitrogens with zero attached hydrogens (tertiary/aromatic N) is 2. The van der Waals surface area contributed by atoms with Crippen LogP contribution in [0.5, 0.6) is 0 Å². The molecule has 1 aromatic carbocycles. The van der Waals surface area contributed by atoms with Crippen LogP contribution in [0, 0.1) is 6.92 Å². The second-order valence-electron chi connectivity index (χ2n) is 7.08. The number of benzene rings is 1. The van der Waals surface area contributed by atoms with Gasteiger partial charge in [0, 0.05) is 24.4 Å². The molecule has 1 aliphatic heterocycles. The first-order chi connectivity index (χ1) is 13.7. The molecule has 0 bridgehead atoms. The molecule has 0 saturated carbocycles. The van der Waals surface area contributed by atoms with E-state index >= 15 is 0 Å². The van der Waals surface area contributed by atoms with Crippen molar-refractivity contribution in [3.8, 4) is 0 Å². The SMILES string of the molecule is Cc1nc(Cc2ccccc2)sc1C(=O)N(Cc1cccs1)CC1CCCO1. The molecule has 0 radical (unpaired) electrons. The van der Waals surface area contributed by atoms with E-state index in [-0.39, 0.29) is 12.0 Å². The van der Waals surface area contributed by atoms with Crippen LogP contribution in [0.15, 0.2) is 47.8 Å². The van der Waals surface area contributed by atoms with Crippen molar-refractivity contribution in [3.63, 3.8) is 0 Å². The zero-order valence-corrected chi connectivity index (χ0v) is 17.6. The average Bonchev–Trinajstić information content (AvgIpc) is 3.45. The van der Waals surface area contributed by atoms with Crippen LogP contribution in [0.2, 0.25) is 0 Å². The Bertz CT molecular complexity index is 900. The van der Waals surface area contributed by atoms with E-state index in [4.69, 9.17) is 4.74 Å². The van der Waals surface area contributed by atoms with E-state index in [1.54, 1.807) is 11.3 Å². The molecule has 1 amide bonds. The van der Waals surface area contributed by atoms with Crippen LogP contribution in [0.4, 0.5) is 0 Å². The predicted molar refractivity (Wildman–Crippen MR) is 114 cm³/mol. The quantitative estimate of drug-likeness (QED) is 0.553. The molecule has 2 aromatic heterocycles. The van der Waals surface area contributed by atoms with Gasteiger partial charge in [0.15, 0.2) is 0 Å². The smallest absolute Gasteiger partial charge is 0.266 e. The number of ether oxygens (including phenoxy) is 1. The van der Waals surface area contributed by atoms with Gasteiger partial charge in [0.25, 0.3) is 5.91 Å². The van der Waals surface area contributed by atoms with Gasteiger partial charge >= 0.3 is 0 Å². The van der Waals surface area contributed by atoms with Crippen molar-refractivity contribution in [3.05, 3.63) is 73.9 Å². The highest BCUT2D eigenvalue weighted by Gasteiger charge is 2.26. The second kappa shape index (κ2) is 8.99. The third kappa shape index (κ3) is 4.69. The first kappa shape index (κ1) is 19.3. The maximum atomic E-state index is 13.4. The largest absolute Gasteiger partial charge is 0.376 e. The van der Waals surface area contributed by atoms with Crippen LogP contribution in [-0.4, -0.2) is 35.0 Å². The average molecular weight is 413 g/mol. The molecule has 0 spiro atoms. The van der Waals surface area contributed by atoms with Gasteiger partial charge < -0.3 is 9.64 Å². The lowest BCUT2D eigenvalue weighted by atomic mass is 10.2. The normalized spacial score (nSPS) is 16.4. The number of hydrogen-bond acceptors (Lipinski definition) is 5. The van der Waals surface area contributed by atoms with Gasteiger partial charge in [-0.05, 0) is 36.8 Å². The Morgan fingerprint density at radius 3 is 2.82 bits per heavy atom. The van der Waals surface area contributed by atoms with E-state index < -0.39 is 0 Å². The summed E-state index contributed by atoms with van der Waals surface area (Å²) >= 11 is 3.21. The van der Waals surface area contributed by atoms with Crippen molar-refractivity contribution in [1.29, 1.82) is 0 Å². The van der Waals surface area contributed by atoms with Crippen LogP contribution < -0.4 is 0 Å². The molecule has 0 aliphatic carbocycles. The van der Waals surface area contributed by atoms with E-state index in [1.807, 2.05) is 36.1 Å². The van der Waals surface area contributed by atoms with Crippen molar-refractivity contribution in [1.82, 2.24) is 9.88 Å². The maximum absolute atomic E-state index is 13.4. The van der Waals surface area contributed by atoms with Crippen molar-refractivity contribution in [2.24, 2.45) is 0 Å². The molecule has 3 aromatic rings. The highest BCUT2D eigenvalue weighted by atomic mass is 32.1. The zero-order valence-electron chi connectivity index (χ0n) is 16.0. The van der Waals surface area contributed by atoms with Crippen molar-refractivity contribution in [2.45, 2.75) is 38.8 Å². The van der Waals surface area contributed by atoms with E-state index in [0.717, 1.165) is 41.4 Å². The lowest BCUT2D eigenvalue weighted by molar-refractivity contribution is 0.0512. The molecule has 4 rings (SSSR count). The lowest BCUT2D eigenvalue weighted by Gasteiger charge is -2.24. The Balaban J connectivity index is 1.53. The standard InChI is InChI=1S/C22H24N2O2S2/c1-16-21(28-20(23-16)13-17-7-3-2-4-8-17)22(25)24(14-18-9-5-11-26-18)15-19-10-6-12-27-19/h2-4,6-8,10,12,18H,5,9,11,13-15H2,1H3. The monoisotopic (exact) mass is 412 g/mol. The minimum Gasteiger partial charge on any atom is -0.376 e. The summed E-state index contributed by atoms with van der Waals surface area (Å²) < 4.78 is 5.80. The van der Waals surface area contributed by atoms with Gasteiger partial charge in [0.1, 0.15) is 4.88 Å². The van der Waals surface area contributed by atoms with Crippen LogP contribution in [0.1, 0.15) is 43.7 Å². The van der Waals surface area contributed by atoms with E-state index in [0.29, 0.717) is 13.1 Å². The van der Waals surface area contributed by atoms with Crippen LogP contribution in [0.3, 0.4) is 0 Å². The van der Waals surface area contributed by atoms with Crippen LogP contribution in [-0.2, 0) is 17.7 Å². The third-order valence-corrected chi connectivity index (χ3v) is 6.90. The minimum atomic E-state index is 0.0678. The zero-order chi connectivity index (χ0) is 19.3. The van der Waals surface area contributed by atoms with Gasteiger partial charge in [-0.1, -0.05) is 36.4 Å². The molecule has 1 saturated heterocycles. The molecule has 1 aliphatic rings. The number of thiazole rings is 1. The topological polar surface area (TPSA) is 42.4 Å². The number of rotatable bonds is 7. The summed E-state index contributed by atoms with van der Waals surface area (Å²) in [7, 11) is 0. The molecule has 4 nitrogen and oxygen atoms in total. The first-order valence-corrected chi connectivity index (χ1v) is 11.3. The molecule has 28 heavy (non-hydrogen) atoms. The van der Waals surface area contributed by atoms with Crippen LogP contribution in [0.25, 0.3) is 0 Å². The number of carbonyl (C=O) groups excluding carboxylic acids is 1. The molecule has 0 N–H and O–H groups in total. The molecule has 1 unspecified atom stereocenters. The van der Waals surface area contributed by atoms with E-state index in [1.165, 1.54) is 21.8 Å². The Morgan fingerprint density at radius 1 is 1.25 bits per heavy atom. The van der Waals surface area contributed by atoms with Crippen molar-refractivity contribution in [2.75, 3.05) is 13.2 Å². The van der Waals surface area contributed by atoms with E-state index in [9.17, 15) is 4.79 Å². The molecule has 1 atom stereocenters. The molecule has 3 heterocycles. The van der Waals surface area contributed by atoms with Crippen molar-refractivity contribution < 1.29 is 9.53 Å². The van der Waals surface area contributed by atoms with Gasteiger partial charge in [-0.25, -0.2) is 4.98 Å². The fraction of sp³-hybridized carbons (Fsp3) is 0.364. The van der Waals surface area contributed by atoms with Gasteiger partial charge in [-0.2, -0.15) is 0 Å².